The fourth-order valence-electron chi connectivity index (χ4n) is 2.64. The molecule has 5 heteroatoms. The van der Waals surface area contributed by atoms with Crippen molar-refractivity contribution in [2.75, 3.05) is 0 Å². The smallest absolute Gasteiger partial charge is 0.346 e. The maximum Gasteiger partial charge on any atom is 0.346 e. The van der Waals surface area contributed by atoms with E-state index < -0.39 is 18.0 Å². The van der Waals surface area contributed by atoms with E-state index >= 15 is 0 Å². The number of hydrogen-bond acceptors (Lipinski definition) is 4. The minimum atomic E-state index is -0.721. The van der Waals surface area contributed by atoms with Gasteiger partial charge in [-0.15, -0.1) is 0 Å². The van der Waals surface area contributed by atoms with Gasteiger partial charge in [0, 0.05) is 10.9 Å². The molecule has 2 unspecified atom stereocenters. The van der Waals surface area contributed by atoms with Crippen molar-refractivity contribution in [3.05, 3.63) is 46.2 Å². The van der Waals surface area contributed by atoms with Crippen LogP contribution in [0.4, 0.5) is 0 Å². The van der Waals surface area contributed by atoms with Crippen LogP contribution in [0, 0.1) is 11.8 Å². The van der Waals surface area contributed by atoms with Crippen molar-refractivity contribution in [2.45, 2.75) is 39.7 Å². The van der Waals surface area contributed by atoms with Crippen molar-refractivity contribution in [2.24, 2.45) is 11.8 Å². The molecule has 0 aliphatic carbocycles. The number of halogens is 1. The molecular weight excluding hydrogens is 316 g/mol. The molecule has 124 valence electrons. The highest BCUT2D eigenvalue weighted by molar-refractivity contribution is 6.30. The number of esters is 1. The van der Waals surface area contributed by atoms with E-state index in [4.69, 9.17) is 16.3 Å². The molecule has 1 aromatic rings. The largest absolute Gasteiger partial charge is 0.507 e. The van der Waals surface area contributed by atoms with Crippen LogP contribution in [0.1, 0.15) is 32.8 Å². The molecular formula is C18H21ClO4. The standard InChI is InChI=1S/C18H21ClO4/c1-10(2)8-14-17(21)15(18(22)23-14)16(20)11(3)9-12-4-6-13(19)7-5-12/h4-7,10-11,14,21H,8-9H2,1-3H3. The Labute approximate surface area is 141 Å². The number of rotatable bonds is 6. The highest BCUT2D eigenvalue weighted by Crippen LogP contribution is 2.28. The summed E-state index contributed by atoms with van der Waals surface area (Å²) in [7, 11) is 0. The first-order valence-electron chi connectivity index (χ1n) is 7.72. The number of aliphatic hydroxyl groups is 1. The predicted octanol–water partition coefficient (Wildman–Crippen LogP) is 3.87. The number of ether oxygens (including phenoxy) is 1. The number of cyclic esters (lactones) is 1. The third-order valence-corrected chi connectivity index (χ3v) is 4.10. The number of hydrogen-bond donors (Lipinski definition) is 1. The van der Waals surface area contributed by atoms with Gasteiger partial charge in [0.25, 0.3) is 0 Å². The molecule has 23 heavy (non-hydrogen) atoms. The third kappa shape index (κ3) is 4.14. The van der Waals surface area contributed by atoms with E-state index in [0.717, 1.165) is 5.56 Å². The molecule has 0 spiro atoms. The van der Waals surface area contributed by atoms with Gasteiger partial charge >= 0.3 is 5.97 Å². The first-order chi connectivity index (χ1) is 10.8. The second-order valence-electron chi connectivity index (χ2n) is 6.38. The number of carbonyl (C=O) groups excluding carboxylic acids is 2. The van der Waals surface area contributed by atoms with E-state index in [-0.39, 0.29) is 23.0 Å². The Kier molecular flexibility index (Phi) is 5.47. The number of benzene rings is 1. The average Bonchev–Trinajstić information content (AvgIpc) is 2.74. The Bertz CT molecular complexity index is 631. The van der Waals surface area contributed by atoms with Gasteiger partial charge in [0.2, 0.25) is 0 Å². The summed E-state index contributed by atoms with van der Waals surface area (Å²) in [5.74, 6) is -1.51. The van der Waals surface area contributed by atoms with E-state index in [1.807, 2.05) is 26.0 Å². The maximum absolute atomic E-state index is 12.5. The van der Waals surface area contributed by atoms with E-state index in [0.29, 0.717) is 17.9 Å². The summed E-state index contributed by atoms with van der Waals surface area (Å²) >= 11 is 5.84. The molecule has 0 radical (unpaired) electrons. The molecule has 1 aliphatic heterocycles. The van der Waals surface area contributed by atoms with Crippen LogP contribution < -0.4 is 0 Å². The van der Waals surface area contributed by atoms with Crippen LogP contribution in [-0.2, 0) is 20.7 Å². The lowest BCUT2D eigenvalue weighted by Crippen LogP contribution is -2.20. The minimum Gasteiger partial charge on any atom is -0.507 e. The second kappa shape index (κ2) is 7.18. The van der Waals surface area contributed by atoms with Crippen LogP contribution in [0.15, 0.2) is 35.6 Å². The minimum absolute atomic E-state index is 0.197. The Balaban J connectivity index is 2.13. The van der Waals surface area contributed by atoms with Crippen LogP contribution in [0.3, 0.4) is 0 Å². The summed E-state index contributed by atoms with van der Waals surface area (Å²) in [5, 5.41) is 10.8. The monoisotopic (exact) mass is 336 g/mol. The van der Waals surface area contributed by atoms with E-state index in [1.165, 1.54) is 0 Å². The van der Waals surface area contributed by atoms with E-state index in [2.05, 4.69) is 0 Å². The van der Waals surface area contributed by atoms with Gasteiger partial charge in [0.1, 0.15) is 5.57 Å². The number of aliphatic hydroxyl groups excluding tert-OH is 1. The van der Waals surface area contributed by atoms with Crippen molar-refractivity contribution in [1.82, 2.24) is 0 Å². The van der Waals surface area contributed by atoms with Gasteiger partial charge in [0.15, 0.2) is 17.6 Å². The van der Waals surface area contributed by atoms with Gasteiger partial charge in [-0.05, 0) is 36.5 Å². The van der Waals surface area contributed by atoms with Crippen LogP contribution in [0.5, 0.6) is 0 Å². The molecule has 0 fully saturated rings. The summed E-state index contributed by atoms with van der Waals surface area (Å²) in [6, 6.07) is 7.20. The zero-order chi connectivity index (χ0) is 17.1. The van der Waals surface area contributed by atoms with Gasteiger partial charge in [-0.1, -0.05) is 44.5 Å². The van der Waals surface area contributed by atoms with Gasteiger partial charge in [-0.2, -0.15) is 0 Å². The van der Waals surface area contributed by atoms with Gasteiger partial charge in [-0.25, -0.2) is 4.79 Å². The maximum atomic E-state index is 12.5. The zero-order valence-electron chi connectivity index (χ0n) is 13.5. The number of ketones is 1. The SMILES string of the molecule is CC(C)CC1OC(=O)C(C(=O)C(C)Cc2ccc(Cl)cc2)=C1O. The Hall–Kier alpha value is -1.81. The summed E-state index contributed by atoms with van der Waals surface area (Å²) in [6.07, 6.45) is 0.263. The highest BCUT2D eigenvalue weighted by atomic mass is 35.5. The molecule has 1 N–H and O–H groups in total. The molecule has 1 aromatic carbocycles. The van der Waals surface area contributed by atoms with Crippen molar-refractivity contribution in [1.29, 1.82) is 0 Å². The quantitative estimate of drug-likeness (QED) is 0.632. The molecule has 0 saturated heterocycles. The fraction of sp³-hybridized carbons (Fsp3) is 0.444. The van der Waals surface area contributed by atoms with Gasteiger partial charge < -0.3 is 9.84 Å². The highest BCUT2D eigenvalue weighted by Gasteiger charge is 2.39. The lowest BCUT2D eigenvalue weighted by atomic mass is 9.91. The molecule has 4 nitrogen and oxygen atoms in total. The second-order valence-corrected chi connectivity index (χ2v) is 6.82. The zero-order valence-corrected chi connectivity index (χ0v) is 14.3. The summed E-state index contributed by atoms with van der Waals surface area (Å²) in [6.45, 7) is 5.66. The molecule has 2 atom stereocenters. The molecule has 1 heterocycles. The summed E-state index contributed by atoms with van der Waals surface area (Å²) in [5.41, 5.74) is 0.748. The van der Waals surface area contributed by atoms with Crippen LogP contribution >= 0.6 is 11.6 Å². The molecule has 0 saturated carbocycles. The Morgan fingerprint density at radius 1 is 1.26 bits per heavy atom. The summed E-state index contributed by atoms with van der Waals surface area (Å²) in [4.78, 5) is 24.5. The van der Waals surface area contributed by atoms with Gasteiger partial charge in [0.05, 0.1) is 0 Å². The number of Topliss-reactive ketones (excluding diaryl/α,β-unsaturated/α-hetero) is 1. The normalized spacial score (nSPS) is 19.2. The number of carbonyl (C=O) groups is 2. The Morgan fingerprint density at radius 2 is 1.87 bits per heavy atom. The lowest BCUT2D eigenvalue weighted by Gasteiger charge is -2.12. The fourth-order valence-corrected chi connectivity index (χ4v) is 2.76. The van der Waals surface area contributed by atoms with Crippen molar-refractivity contribution >= 4 is 23.4 Å². The first kappa shape index (κ1) is 17.5. The van der Waals surface area contributed by atoms with Crippen molar-refractivity contribution < 1.29 is 19.4 Å². The molecule has 0 bridgehead atoms. The molecule has 0 amide bonds. The van der Waals surface area contributed by atoms with Crippen LogP contribution in [0.25, 0.3) is 0 Å². The summed E-state index contributed by atoms with van der Waals surface area (Å²) < 4.78 is 5.13. The lowest BCUT2D eigenvalue weighted by molar-refractivity contribution is -0.141. The third-order valence-electron chi connectivity index (χ3n) is 3.85. The molecule has 0 aromatic heterocycles. The van der Waals surface area contributed by atoms with Crippen LogP contribution in [0.2, 0.25) is 5.02 Å². The molecule has 2 rings (SSSR count). The van der Waals surface area contributed by atoms with E-state index in [9.17, 15) is 14.7 Å². The Morgan fingerprint density at radius 3 is 2.43 bits per heavy atom. The topological polar surface area (TPSA) is 63.6 Å². The first-order valence-corrected chi connectivity index (χ1v) is 8.10. The predicted molar refractivity (Wildman–Crippen MR) is 88.3 cm³/mol. The van der Waals surface area contributed by atoms with Gasteiger partial charge in [-0.3, -0.25) is 4.79 Å². The van der Waals surface area contributed by atoms with Crippen molar-refractivity contribution in [3.63, 3.8) is 0 Å². The molecule has 1 aliphatic rings. The van der Waals surface area contributed by atoms with Crippen molar-refractivity contribution in [3.8, 4) is 0 Å². The average molecular weight is 337 g/mol. The van der Waals surface area contributed by atoms with Crippen LogP contribution in [-0.4, -0.2) is 23.0 Å². The van der Waals surface area contributed by atoms with E-state index in [1.54, 1.807) is 19.1 Å².